The van der Waals surface area contributed by atoms with Gasteiger partial charge in [-0.2, -0.15) is 0 Å². The van der Waals surface area contributed by atoms with Crippen molar-refractivity contribution in [1.82, 2.24) is 19.9 Å². The normalized spacial score (nSPS) is 10.6. The maximum Gasteiger partial charge on any atom is 0.198 e. The molecule has 0 aliphatic carbocycles. The van der Waals surface area contributed by atoms with Gasteiger partial charge in [0.1, 0.15) is 11.6 Å². The number of aryl methyl sites for hydroxylation is 2. The van der Waals surface area contributed by atoms with Gasteiger partial charge < -0.3 is 20.6 Å². The Balaban J connectivity index is 1.57. The number of rotatable bonds is 9. The highest BCUT2D eigenvalue weighted by molar-refractivity contribution is 7.71. The molecule has 0 saturated carbocycles. The van der Waals surface area contributed by atoms with Gasteiger partial charge in [0, 0.05) is 24.5 Å². The van der Waals surface area contributed by atoms with Crippen molar-refractivity contribution in [3.05, 3.63) is 33.1 Å². The molecular weight excluding hydrogens is 340 g/mol. The van der Waals surface area contributed by atoms with Crippen LogP contribution in [0.5, 0.6) is 0 Å². The standard InChI is InChI=1S/C16H24N6S2/c1-11-9-13(21-15(23)19-11)17-7-5-3-4-6-8-18-14-10-12(2)20-16(24)22-14/h9-10H,3-8H2,1-2H3,(H2,17,19,21,23)(H2,18,20,22,24). The smallest absolute Gasteiger partial charge is 0.198 e. The number of aromatic nitrogens is 4. The Hall–Kier alpha value is -1.80. The highest BCUT2D eigenvalue weighted by Gasteiger charge is 1.97. The van der Waals surface area contributed by atoms with Gasteiger partial charge in [-0.15, -0.1) is 0 Å². The van der Waals surface area contributed by atoms with Crippen molar-refractivity contribution in [1.29, 1.82) is 0 Å². The Kier molecular flexibility index (Phi) is 7.33. The molecule has 0 radical (unpaired) electrons. The van der Waals surface area contributed by atoms with Gasteiger partial charge in [0.25, 0.3) is 0 Å². The van der Waals surface area contributed by atoms with Gasteiger partial charge in [0.2, 0.25) is 0 Å². The molecule has 2 heterocycles. The third-order valence-corrected chi connectivity index (χ3v) is 3.86. The maximum absolute atomic E-state index is 5.07. The fourth-order valence-corrected chi connectivity index (χ4v) is 2.90. The molecular formula is C16H24N6S2. The van der Waals surface area contributed by atoms with E-state index in [0.717, 1.165) is 49.0 Å². The molecule has 8 heteroatoms. The zero-order valence-electron chi connectivity index (χ0n) is 14.1. The molecule has 2 aromatic heterocycles. The monoisotopic (exact) mass is 364 g/mol. The Morgan fingerprint density at radius 2 is 1.21 bits per heavy atom. The fraction of sp³-hybridized carbons (Fsp3) is 0.500. The molecule has 4 N–H and O–H groups in total. The Morgan fingerprint density at radius 1 is 0.792 bits per heavy atom. The van der Waals surface area contributed by atoms with Crippen molar-refractivity contribution in [2.75, 3.05) is 23.7 Å². The first kappa shape index (κ1) is 18.5. The first-order valence-electron chi connectivity index (χ1n) is 8.16. The van der Waals surface area contributed by atoms with Crippen LogP contribution in [0.15, 0.2) is 12.1 Å². The average molecular weight is 365 g/mol. The third-order valence-electron chi connectivity index (χ3n) is 3.47. The molecule has 0 bridgehead atoms. The Labute approximate surface area is 152 Å². The van der Waals surface area contributed by atoms with Crippen molar-refractivity contribution in [3.8, 4) is 0 Å². The lowest BCUT2D eigenvalue weighted by atomic mass is 10.2. The van der Waals surface area contributed by atoms with Crippen LogP contribution in [-0.2, 0) is 0 Å². The maximum atomic E-state index is 5.07. The van der Waals surface area contributed by atoms with E-state index < -0.39 is 0 Å². The van der Waals surface area contributed by atoms with Gasteiger partial charge in [-0.1, -0.05) is 12.8 Å². The minimum atomic E-state index is 0.521. The van der Waals surface area contributed by atoms with E-state index in [1.807, 2.05) is 26.0 Å². The number of anilines is 2. The van der Waals surface area contributed by atoms with Crippen LogP contribution in [-0.4, -0.2) is 33.0 Å². The Bertz CT molecular complexity index is 702. The molecule has 0 fully saturated rings. The summed E-state index contributed by atoms with van der Waals surface area (Å²) >= 11 is 10.1. The molecule has 0 atom stereocenters. The lowest BCUT2D eigenvalue weighted by Crippen LogP contribution is -2.06. The highest BCUT2D eigenvalue weighted by Crippen LogP contribution is 2.07. The van der Waals surface area contributed by atoms with Crippen LogP contribution >= 0.6 is 24.4 Å². The van der Waals surface area contributed by atoms with E-state index in [2.05, 4.69) is 30.6 Å². The summed E-state index contributed by atoms with van der Waals surface area (Å²) in [6.45, 7) is 5.78. The number of nitrogens with zero attached hydrogens (tertiary/aromatic N) is 2. The third kappa shape index (κ3) is 6.76. The number of nitrogens with one attached hydrogen (secondary N) is 4. The molecule has 24 heavy (non-hydrogen) atoms. The molecule has 0 aliphatic rings. The molecule has 2 rings (SSSR count). The summed E-state index contributed by atoms with van der Waals surface area (Å²) in [6, 6.07) is 3.94. The zero-order chi connectivity index (χ0) is 17.4. The first-order valence-corrected chi connectivity index (χ1v) is 8.98. The number of unbranched alkanes of at least 4 members (excludes halogenated alkanes) is 3. The average Bonchev–Trinajstić information content (AvgIpc) is 2.48. The summed E-state index contributed by atoms with van der Waals surface area (Å²) in [5.74, 6) is 1.69. The van der Waals surface area contributed by atoms with E-state index in [1.54, 1.807) is 0 Å². The second kappa shape index (κ2) is 9.48. The van der Waals surface area contributed by atoms with Crippen molar-refractivity contribution in [2.45, 2.75) is 39.5 Å². The first-order chi connectivity index (χ1) is 11.5. The molecule has 0 aliphatic heterocycles. The molecule has 0 aromatic carbocycles. The topological polar surface area (TPSA) is 81.4 Å². The molecule has 0 unspecified atom stereocenters. The lowest BCUT2D eigenvalue weighted by molar-refractivity contribution is 0.669. The van der Waals surface area contributed by atoms with Crippen LogP contribution in [0.4, 0.5) is 11.6 Å². The minimum Gasteiger partial charge on any atom is -0.370 e. The van der Waals surface area contributed by atoms with Crippen LogP contribution in [0.1, 0.15) is 37.1 Å². The summed E-state index contributed by atoms with van der Waals surface area (Å²) in [4.78, 5) is 14.5. The van der Waals surface area contributed by atoms with Crippen LogP contribution < -0.4 is 10.6 Å². The van der Waals surface area contributed by atoms with Crippen LogP contribution in [0.25, 0.3) is 0 Å². The molecule has 130 valence electrons. The van der Waals surface area contributed by atoms with Gasteiger partial charge in [-0.25, -0.2) is 9.97 Å². The molecule has 0 spiro atoms. The zero-order valence-corrected chi connectivity index (χ0v) is 15.7. The highest BCUT2D eigenvalue weighted by atomic mass is 32.1. The van der Waals surface area contributed by atoms with Gasteiger partial charge in [0.05, 0.1) is 0 Å². The van der Waals surface area contributed by atoms with E-state index in [0.29, 0.717) is 9.54 Å². The van der Waals surface area contributed by atoms with Gasteiger partial charge in [0.15, 0.2) is 9.54 Å². The molecule has 0 amide bonds. The van der Waals surface area contributed by atoms with Crippen LogP contribution in [0.3, 0.4) is 0 Å². The fourth-order valence-electron chi connectivity index (χ4n) is 2.38. The Morgan fingerprint density at radius 3 is 1.58 bits per heavy atom. The van der Waals surface area contributed by atoms with E-state index in [-0.39, 0.29) is 0 Å². The minimum absolute atomic E-state index is 0.521. The summed E-state index contributed by atoms with van der Waals surface area (Å²) in [5.41, 5.74) is 2.04. The van der Waals surface area contributed by atoms with E-state index >= 15 is 0 Å². The largest absolute Gasteiger partial charge is 0.370 e. The predicted molar refractivity (Wildman–Crippen MR) is 104 cm³/mol. The second-order valence-corrected chi connectivity index (χ2v) is 6.55. The van der Waals surface area contributed by atoms with Crippen molar-refractivity contribution in [2.24, 2.45) is 0 Å². The predicted octanol–water partition coefficient (Wildman–Crippen LogP) is 4.29. The quantitative estimate of drug-likeness (QED) is 0.392. The molecule has 6 nitrogen and oxygen atoms in total. The van der Waals surface area contributed by atoms with Gasteiger partial charge >= 0.3 is 0 Å². The van der Waals surface area contributed by atoms with E-state index in [4.69, 9.17) is 24.4 Å². The number of hydrogen-bond donors (Lipinski definition) is 4. The SMILES string of the molecule is Cc1cc(NCCCCCCNc2cc(C)[nH]c(=S)n2)nc(=S)[nH]1. The number of hydrogen-bond acceptors (Lipinski definition) is 6. The summed E-state index contributed by atoms with van der Waals surface area (Å²) < 4.78 is 1.04. The van der Waals surface area contributed by atoms with Gasteiger partial charge in [-0.05, 0) is 63.3 Å². The van der Waals surface area contributed by atoms with E-state index in [1.165, 1.54) is 12.8 Å². The number of H-pyrrole nitrogens is 2. The van der Waals surface area contributed by atoms with Crippen molar-refractivity contribution >= 4 is 36.1 Å². The van der Waals surface area contributed by atoms with E-state index in [9.17, 15) is 0 Å². The van der Waals surface area contributed by atoms with Gasteiger partial charge in [-0.3, -0.25) is 0 Å². The lowest BCUT2D eigenvalue weighted by Gasteiger charge is -2.07. The number of aromatic amines is 2. The van der Waals surface area contributed by atoms with Crippen LogP contribution in [0, 0.1) is 23.4 Å². The summed E-state index contributed by atoms with van der Waals surface area (Å²) in [7, 11) is 0. The summed E-state index contributed by atoms with van der Waals surface area (Å²) in [5, 5.41) is 6.63. The second-order valence-electron chi connectivity index (χ2n) is 5.78. The van der Waals surface area contributed by atoms with Crippen molar-refractivity contribution in [3.63, 3.8) is 0 Å². The van der Waals surface area contributed by atoms with Crippen molar-refractivity contribution < 1.29 is 0 Å². The molecule has 0 saturated heterocycles. The molecule has 2 aromatic rings. The summed E-state index contributed by atoms with van der Waals surface area (Å²) in [6.07, 6.45) is 4.57. The van der Waals surface area contributed by atoms with Crippen LogP contribution in [0.2, 0.25) is 0 Å².